The quantitative estimate of drug-likeness (QED) is 0.481. The van der Waals surface area contributed by atoms with Gasteiger partial charge in [-0.15, -0.1) is 16.4 Å². The van der Waals surface area contributed by atoms with Crippen LogP contribution in [-0.4, -0.2) is 48.9 Å². The van der Waals surface area contributed by atoms with Crippen molar-refractivity contribution in [2.75, 3.05) is 13.1 Å². The summed E-state index contributed by atoms with van der Waals surface area (Å²) in [5.41, 5.74) is 2.90. The van der Waals surface area contributed by atoms with Crippen molar-refractivity contribution in [2.45, 2.75) is 51.5 Å². The van der Waals surface area contributed by atoms with Crippen LogP contribution in [0.2, 0.25) is 0 Å². The summed E-state index contributed by atoms with van der Waals surface area (Å²) in [7, 11) is 0. The predicted molar refractivity (Wildman–Crippen MR) is 132 cm³/mol. The SMILES string of the molecule is CC(C)(C)c1ccc(Cn2nnc3c(=O)[nH]c(C4CCN(C(=O)c5cccs5)CC4)nc32)cc1. The van der Waals surface area contributed by atoms with Gasteiger partial charge in [-0.1, -0.05) is 56.3 Å². The van der Waals surface area contributed by atoms with E-state index in [0.717, 1.165) is 23.3 Å². The van der Waals surface area contributed by atoms with Gasteiger partial charge in [-0.2, -0.15) is 0 Å². The number of likely N-dealkylation sites (tertiary alicyclic amines) is 1. The lowest BCUT2D eigenvalue weighted by Gasteiger charge is -2.31. The molecule has 4 heterocycles. The molecule has 0 bridgehead atoms. The fraction of sp³-hybridized carbons (Fsp3) is 0.400. The van der Waals surface area contributed by atoms with E-state index in [1.807, 2.05) is 22.4 Å². The molecule has 1 amide bonds. The molecule has 0 saturated carbocycles. The Morgan fingerprint density at radius 1 is 1.15 bits per heavy atom. The van der Waals surface area contributed by atoms with E-state index in [2.05, 4.69) is 60.3 Å². The number of benzene rings is 1. The van der Waals surface area contributed by atoms with Crippen molar-refractivity contribution >= 4 is 28.4 Å². The average molecular weight is 477 g/mol. The molecule has 0 aliphatic carbocycles. The van der Waals surface area contributed by atoms with Crippen molar-refractivity contribution in [3.8, 4) is 0 Å². The molecule has 1 fully saturated rings. The molecule has 5 rings (SSSR count). The standard InChI is InChI=1S/C25H28N6O2S/c1-25(2,3)18-8-6-16(7-9-18)15-31-22-20(28-29-31)23(32)27-21(26-22)17-10-12-30(13-11-17)24(33)19-5-4-14-34-19/h4-9,14,17H,10-13,15H2,1-3H3,(H,26,27,32). The molecule has 176 valence electrons. The van der Waals surface area contributed by atoms with E-state index in [9.17, 15) is 9.59 Å². The van der Waals surface area contributed by atoms with Crippen LogP contribution in [0.1, 0.15) is 66.2 Å². The Labute approximate surface area is 201 Å². The maximum atomic E-state index is 12.7. The van der Waals surface area contributed by atoms with Crippen LogP contribution >= 0.6 is 11.3 Å². The van der Waals surface area contributed by atoms with E-state index >= 15 is 0 Å². The van der Waals surface area contributed by atoms with Gasteiger partial charge in [0, 0.05) is 19.0 Å². The van der Waals surface area contributed by atoms with E-state index in [-0.39, 0.29) is 28.3 Å². The molecule has 1 aliphatic rings. The number of amides is 1. The van der Waals surface area contributed by atoms with Crippen LogP contribution in [0.25, 0.3) is 11.2 Å². The van der Waals surface area contributed by atoms with Gasteiger partial charge >= 0.3 is 0 Å². The van der Waals surface area contributed by atoms with Crippen molar-refractivity contribution in [2.24, 2.45) is 0 Å². The maximum Gasteiger partial charge on any atom is 0.281 e. The van der Waals surface area contributed by atoms with Gasteiger partial charge < -0.3 is 9.88 Å². The second-order valence-corrected chi connectivity index (χ2v) is 10.8. The summed E-state index contributed by atoms with van der Waals surface area (Å²) in [5, 5.41) is 10.2. The van der Waals surface area contributed by atoms with E-state index < -0.39 is 0 Å². The number of hydrogen-bond acceptors (Lipinski definition) is 6. The molecule has 3 aromatic heterocycles. The first kappa shape index (κ1) is 22.5. The van der Waals surface area contributed by atoms with E-state index in [4.69, 9.17) is 4.98 Å². The molecule has 4 aromatic rings. The van der Waals surface area contributed by atoms with Crippen LogP contribution in [0.4, 0.5) is 0 Å². The molecular formula is C25H28N6O2S. The number of thiophene rings is 1. The number of carbonyl (C=O) groups excluding carboxylic acids is 1. The van der Waals surface area contributed by atoms with Gasteiger partial charge in [-0.25, -0.2) is 9.67 Å². The molecule has 9 heteroatoms. The fourth-order valence-corrected chi connectivity index (χ4v) is 5.07. The first-order chi connectivity index (χ1) is 16.3. The first-order valence-corrected chi connectivity index (χ1v) is 12.4. The van der Waals surface area contributed by atoms with Crippen molar-refractivity contribution in [3.63, 3.8) is 0 Å². The van der Waals surface area contributed by atoms with Crippen LogP contribution in [-0.2, 0) is 12.0 Å². The average Bonchev–Trinajstić information content (AvgIpc) is 3.50. The summed E-state index contributed by atoms with van der Waals surface area (Å²) in [6.07, 6.45) is 1.50. The minimum Gasteiger partial charge on any atom is -0.338 e. The molecule has 1 saturated heterocycles. The number of H-pyrrole nitrogens is 1. The van der Waals surface area contributed by atoms with Crippen molar-refractivity contribution in [1.29, 1.82) is 0 Å². The van der Waals surface area contributed by atoms with Gasteiger partial charge in [0.25, 0.3) is 11.5 Å². The predicted octanol–water partition coefficient (Wildman–Crippen LogP) is 3.94. The zero-order valence-electron chi connectivity index (χ0n) is 19.6. The van der Waals surface area contributed by atoms with E-state index in [0.29, 0.717) is 31.1 Å². The molecular weight excluding hydrogens is 448 g/mol. The minimum atomic E-state index is -0.272. The molecule has 1 aliphatic heterocycles. The number of nitrogens with zero attached hydrogens (tertiary/aromatic N) is 5. The monoisotopic (exact) mass is 476 g/mol. The molecule has 8 nitrogen and oxygen atoms in total. The largest absolute Gasteiger partial charge is 0.338 e. The number of hydrogen-bond donors (Lipinski definition) is 1. The Kier molecular flexibility index (Phi) is 5.81. The van der Waals surface area contributed by atoms with Gasteiger partial charge in [0.1, 0.15) is 5.82 Å². The molecule has 0 radical (unpaired) electrons. The van der Waals surface area contributed by atoms with Crippen molar-refractivity contribution in [1.82, 2.24) is 29.9 Å². The Morgan fingerprint density at radius 2 is 1.88 bits per heavy atom. The molecule has 34 heavy (non-hydrogen) atoms. The summed E-state index contributed by atoms with van der Waals surface area (Å²) < 4.78 is 1.69. The summed E-state index contributed by atoms with van der Waals surface area (Å²) in [6.45, 7) is 8.33. The number of carbonyl (C=O) groups is 1. The summed E-state index contributed by atoms with van der Waals surface area (Å²) in [5.74, 6) is 0.802. The lowest BCUT2D eigenvalue weighted by atomic mass is 9.87. The highest BCUT2D eigenvalue weighted by molar-refractivity contribution is 7.12. The molecule has 0 spiro atoms. The Bertz CT molecular complexity index is 1360. The number of nitrogens with one attached hydrogen (secondary N) is 1. The van der Waals surface area contributed by atoms with Gasteiger partial charge in [-0.05, 0) is 40.8 Å². The number of aromatic amines is 1. The van der Waals surface area contributed by atoms with Crippen LogP contribution in [0.3, 0.4) is 0 Å². The zero-order valence-corrected chi connectivity index (χ0v) is 20.4. The molecule has 0 unspecified atom stereocenters. The number of fused-ring (bicyclic) bond motifs is 1. The summed E-state index contributed by atoms with van der Waals surface area (Å²) >= 11 is 1.46. The van der Waals surface area contributed by atoms with Gasteiger partial charge in [0.05, 0.1) is 11.4 Å². The summed E-state index contributed by atoms with van der Waals surface area (Å²) in [6, 6.07) is 12.2. The molecule has 1 N–H and O–H groups in total. The van der Waals surface area contributed by atoms with Crippen molar-refractivity contribution < 1.29 is 4.79 Å². The Morgan fingerprint density at radius 3 is 2.53 bits per heavy atom. The third-order valence-corrected chi connectivity index (χ3v) is 7.30. The van der Waals surface area contributed by atoms with E-state index in [1.165, 1.54) is 16.9 Å². The Balaban J connectivity index is 1.34. The smallest absolute Gasteiger partial charge is 0.281 e. The van der Waals surface area contributed by atoms with Gasteiger partial charge in [0.2, 0.25) is 0 Å². The number of aromatic nitrogens is 5. The third-order valence-electron chi connectivity index (χ3n) is 6.45. The Hall–Kier alpha value is -3.33. The fourth-order valence-electron chi connectivity index (χ4n) is 4.38. The minimum absolute atomic E-state index is 0.0742. The highest BCUT2D eigenvalue weighted by atomic mass is 32.1. The molecule has 1 aromatic carbocycles. The summed E-state index contributed by atoms with van der Waals surface area (Å²) in [4.78, 5) is 35.7. The number of rotatable bonds is 4. The normalized spacial score (nSPS) is 15.2. The van der Waals surface area contributed by atoms with Crippen LogP contribution in [0, 0.1) is 0 Å². The highest BCUT2D eigenvalue weighted by Gasteiger charge is 2.27. The topological polar surface area (TPSA) is 96.8 Å². The molecule has 0 atom stereocenters. The third kappa shape index (κ3) is 4.40. The van der Waals surface area contributed by atoms with Crippen LogP contribution in [0.5, 0.6) is 0 Å². The van der Waals surface area contributed by atoms with Crippen molar-refractivity contribution in [3.05, 3.63) is 74.0 Å². The van der Waals surface area contributed by atoms with Crippen LogP contribution in [0.15, 0.2) is 46.6 Å². The highest BCUT2D eigenvalue weighted by Crippen LogP contribution is 2.27. The van der Waals surface area contributed by atoms with Gasteiger partial charge in [0.15, 0.2) is 11.2 Å². The number of piperidine rings is 1. The zero-order chi connectivity index (χ0) is 23.9. The first-order valence-electron chi connectivity index (χ1n) is 11.6. The lowest BCUT2D eigenvalue weighted by molar-refractivity contribution is 0.0716. The van der Waals surface area contributed by atoms with E-state index in [1.54, 1.807) is 4.68 Å². The second kappa shape index (κ2) is 8.79. The van der Waals surface area contributed by atoms with Crippen LogP contribution < -0.4 is 5.56 Å². The second-order valence-electron chi connectivity index (χ2n) is 9.86. The van der Waals surface area contributed by atoms with Gasteiger partial charge in [-0.3, -0.25) is 9.59 Å². The maximum absolute atomic E-state index is 12.7. The lowest BCUT2D eigenvalue weighted by Crippen LogP contribution is -2.38.